The summed E-state index contributed by atoms with van der Waals surface area (Å²) in [5, 5.41) is 0. The summed E-state index contributed by atoms with van der Waals surface area (Å²) < 4.78 is 16.9. The Hall–Kier alpha value is -2.63. The monoisotopic (exact) mass is 967 g/mol. The molecule has 0 heterocycles. The van der Waals surface area contributed by atoms with E-state index in [4.69, 9.17) is 14.2 Å². The maximum Gasteiger partial charge on any atom is 0.306 e. The van der Waals surface area contributed by atoms with E-state index in [1.807, 2.05) is 0 Å². The molecule has 69 heavy (non-hydrogen) atoms. The van der Waals surface area contributed by atoms with Gasteiger partial charge in [-0.3, -0.25) is 14.4 Å². The number of ether oxygens (including phenoxy) is 3. The molecule has 0 rings (SSSR count). The first-order valence-corrected chi connectivity index (χ1v) is 30.1. The van der Waals surface area contributed by atoms with E-state index in [2.05, 4.69) is 69.4 Å². The molecule has 0 amide bonds. The molecule has 6 heteroatoms. The first-order valence-electron chi connectivity index (χ1n) is 30.1. The minimum atomic E-state index is -0.778. The van der Waals surface area contributed by atoms with Gasteiger partial charge in [0.1, 0.15) is 13.2 Å². The lowest BCUT2D eigenvalue weighted by Gasteiger charge is -2.18. The lowest BCUT2D eigenvalue weighted by atomic mass is 10.0. The third-order valence-electron chi connectivity index (χ3n) is 13.3. The number of rotatable bonds is 55. The topological polar surface area (TPSA) is 78.9 Å². The van der Waals surface area contributed by atoms with Crippen molar-refractivity contribution in [3.05, 3.63) is 48.6 Å². The minimum absolute atomic E-state index is 0.0745. The van der Waals surface area contributed by atoms with Crippen molar-refractivity contribution >= 4 is 17.9 Å². The molecule has 0 aliphatic carbocycles. The maximum absolute atomic E-state index is 12.9. The fourth-order valence-electron chi connectivity index (χ4n) is 8.81. The first-order chi connectivity index (χ1) is 34.0. The number of unbranched alkanes of at least 4 members (excludes halogenated alkanes) is 36. The molecule has 0 aromatic rings. The molecular weight excluding hydrogens is 853 g/mol. The second-order valence-electron chi connectivity index (χ2n) is 20.2. The molecule has 0 saturated heterocycles. The molecule has 1 atom stereocenters. The van der Waals surface area contributed by atoms with Crippen LogP contribution in [0, 0.1) is 0 Å². The molecule has 0 aliphatic heterocycles. The van der Waals surface area contributed by atoms with Crippen molar-refractivity contribution in [2.75, 3.05) is 13.2 Å². The summed E-state index contributed by atoms with van der Waals surface area (Å²) in [5.74, 6) is -0.870. The smallest absolute Gasteiger partial charge is 0.306 e. The highest BCUT2D eigenvalue weighted by molar-refractivity contribution is 5.71. The van der Waals surface area contributed by atoms with Crippen molar-refractivity contribution in [2.45, 2.75) is 322 Å². The second-order valence-corrected chi connectivity index (χ2v) is 20.2. The summed E-state index contributed by atoms with van der Waals surface area (Å²) >= 11 is 0. The molecule has 0 bridgehead atoms. The zero-order valence-corrected chi connectivity index (χ0v) is 46.1. The van der Waals surface area contributed by atoms with E-state index >= 15 is 0 Å². The van der Waals surface area contributed by atoms with Gasteiger partial charge in [-0.25, -0.2) is 0 Å². The number of hydrogen-bond donors (Lipinski definition) is 0. The van der Waals surface area contributed by atoms with E-state index in [1.54, 1.807) is 0 Å². The number of carbonyl (C=O) groups is 3. The van der Waals surface area contributed by atoms with E-state index in [0.717, 1.165) is 83.5 Å². The lowest BCUT2D eigenvalue weighted by molar-refractivity contribution is -0.167. The quantitative estimate of drug-likeness (QED) is 0.0262. The van der Waals surface area contributed by atoms with Crippen LogP contribution in [0.3, 0.4) is 0 Å². The molecule has 0 aliphatic rings. The molecule has 402 valence electrons. The fourth-order valence-corrected chi connectivity index (χ4v) is 8.81. The van der Waals surface area contributed by atoms with Crippen LogP contribution in [0.4, 0.5) is 0 Å². The summed E-state index contributed by atoms with van der Waals surface area (Å²) in [6.45, 7) is 6.56. The molecule has 0 saturated carbocycles. The van der Waals surface area contributed by atoms with Gasteiger partial charge in [0.25, 0.3) is 0 Å². The zero-order valence-electron chi connectivity index (χ0n) is 46.1. The van der Waals surface area contributed by atoms with Crippen LogP contribution in [0.2, 0.25) is 0 Å². The minimum Gasteiger partial charge on any atom is -0.462 e. The van der Waals surface area contributed by atoms with Gasteiger partial charge >= 0.3 is 17.9 Å². The highest BCUT2D eigenvalue weighted by atomic mass is 16.6. The normalized spacial score (nSPS) is 12.3. The zero-order chi connectivity index (χ0) is 50.0. The highest BCUT2D eigenvalue weighted by Gasteiger charge is 2.19. The van der Waals surface area contributed by atoms with Crippen LogP contribution >= 0.6 is 0 Å². The Morgan fingerprint density at radius 2 is 0.565 bits per heavy atom. The summed E-state index contributed by atoms with van der Waals surface area (Å²) in [7, 11) is 0. The Bertz CT molecular complexity index is 1200. The van der Waals surface area contributed by atoms with Gasteiger partial charge in [0, 0.05) is 19.3 Å². The molecule has 0 spiro atoms. The van der Waals surface area contributed by atoms with E-state index in [9.17, 15) is 14.4 Å². The van der Waals surface area contributed by atoms with Crippen LogP contribution in [0.5, 0.6) is 0 Å². The van der Waals surface area contributed by atoms with Crippen molar-refractivity contribution in [2.24, 2.45) is 0 Å². The molecule has 0 radical (unpaired) electrons. The van der Waals surface area contributed by atoms with Crippen molar-refractivity contribution in [1.82, 2.24) is 0 Å². The predicted octanol–water partition coefficient (Wildman–Crippen LogP) is 20.2. The fraction of sp³-hybridized carbons (Fsp3) is 0.825. The SMILES string of the molecule is CC/C=C\C/C=C\C/C=C\CCCCCCCCCCCC(=O)OCC(COC(=O)CCCCCCCCCCCCCCCCCC)OC(=O)CCCCCCC/C=C\CCCCCCCCC. The van der Waals surface area contributed by atoms with Gasteiger partial charge in [0.15, 0.2) is 6.10 Å². The summed E-state index contributed by atoms with van der Waals surface area (Å²) in [6, 6.07) is 0. The molecule has 6 nitrogen and oxygen atoms in total. The van der Waals surface area contributed by atoms with Gasteiger partial charge in [-0.1, -0.05) is 268 Å². The van der Waals surface area contributed by atoms with Gasteiger partial charge in [-0.2, -0.15) is 0 Å². The molecule has 0 aromatic carbocycles. The first kappa shape index (κ1) is 66.4. The Morgan fingerprint density at radius 1 is 0.304 bits per heavy atom. The summed E-state index contributed by atoms with van der Waals surface area (Å²) in [4.78, 5) is 38.2. The predicted molar refractivity (Wildman–Crippen MR) is 298 cm³/mol. The van der Waals surface area contributed by atoms with Crippen molar-refractivity contribution in [3.63, 3.8) is 0 Å². The standard InChI is InChI=1S/C63H114O6/c1-4-7-10-13-16-19-22-25-28-31-32-33-36-38-41-44-47-50-53-56-62(65)68-59-60(69-63(66)57-54-51-48-45-42-39-35-30-27-24-21-18-15-12-9-6-3)58-67-61(64)55-52-49-46-43-40-37-34-29-26-23-20-17-14-11-8-5-2/h7,10,16,19,25,28,30,35,60H,4-6,8-9,11-15,17-18,20-24,26-27,29,31-34,36-59H2,1-3H3/b10-7-,19-16-,28-25-,35-30-. The Kier molecular flexibility index (Phi) is 55.7. The maximum atomic E-state index is 12.9. The van der Waals surface area contributed by atoms with Gasteiger partial charge in [0.05, 0.1) is 0 Å². The van der Waals surface area contributed by atoms with E-state index in [0.29, 0.717) is 19.3 Å². The Balaban J connectivity index is 4.35. The van der Waals surface area contributed by atoms with Crippen LogP contribution in [0.15, 0.2) is 48.6 Å². The number of hydrogen-bond acceptors (Lipinski definition) is 6. The van der Waals surface area contributed by atoms with Gasteiger partial charge in [0.2, 0.25) is 0 Å². The third kappa shape index (κ3) is 56.2. The number of esters is 3. The number of carbonyl (C=O) groups excluding carboxylic acids is 3. The Morgan fingerprint density at radius 3 is 0.899 bits per heavy atom. The largest absolute Gasteiger partial charge is 0.462 e. The molecular formula is C63H114O6. The van der Waals surface area contributed by atoms with E-state index in [1.165, 1.54) is 193 Å². The van der Waals surface area contributed by atoms with Crippen LogP contribution in [-0.4, -0.2) is 37.2 Å². The average molecular weight is 968 g/mol. The van der Waals surface area contributed by atoms with Crippen molar-refractivity contribution in [3.8, 4) is 0 Å². The Labute approximate surface area is 428 Å². The van der Waals surface area contributed by atoms with Gasteiger partial charge in [-0.05, 0) is 77.0 Å². The summed E-state index contributed by atoms with van der Waals surface area (Å²) in [5.41, 5.74) is 0. The van der Waals surface area contributed by atoms with Crippen molar-refractivity contribution in [1.29, 1.82) is 0 Å². The van der Waals surface area contributed by atoms with Gasteiger partial charge < -0.3 is 14.2 Å². The highest BCUT2D eigenvalue weighted by Crippen LogP contribution is 2.17. The van der Waals surface area contributed by atoms with Crippen LogP contribution in [0.1, 0.15) is 316 Å². The summed E-state index contributed by atoms with van der Waals surface area (Å²) in [6.07, 6.45) is 71.0. The van der Waals surface area contributed by atoms with Crippen LogP contribution in [0.25, 0.3) is 0 Å². The molecule has 0 aromatic heterocycles. The average Bonchev–Trinajstić information content (AvgIpc) is 3.35. The van der Waals surface area contributed by atoms with Gasteiger partial charge in [-0.15, -0.1) is 0 Å². The molecule has 1 unspecified atom stereocenters. The van der Waals surface area contributed by atoms with Crippen molar-refractivity contribution < 1.29 is 28.6 Å². The van der Waals surface area contributed by atoms with Crippen LogP contribution in [-0.2, 0) is 28.6 Å². The molecule has 0 fully saturated rings. The third-order valence-corrected chi connectivity index (χ3v) is 13.3. The van der Waals surface area contributed by atoms with Crippen LogP contribution < -0.4 is 0 Å². The van der Waals surface area contributed by atoms with E-state index in [-0.39, 0.29) is 31.1 Å². The van der Waals surface area contributed by atoms with E-state index < -0.39 is 6.10 Å². The second kappa shape index (κ2) is 57.9. The lowest BCUT2D eigenvalue weighted by Crippen LogP contribution is -2.30. The number of allylic oxidation sites excluding steroid dienone is 8. The molecule has 0 N–H and O–H groups in total.